The summed E-state index contributed by atoms with van der Waals surface area (Å²) >= 11 is 0. The number of carbonyl (C=O) groups excluding carboxylic acids is 1. The maximum atomic E-state index is 13.3. The van der Waals surface area contributed by atoms with E-state index in [0.717, 1.165) is 38.5 Å². The number of aromatic amines is 1. The molecule has 1 aromatic carbocycles. The first-order valence-electron chi connectivity index (χ1n) is 10.8. The van der Waals surface area contributed by atoms with Crippen LogP contribution in [0.2, 0.25) is 0 Å². The number of H-pyrrole nitrogens is 1. The molecule has 168 valence electrons. The standard InChI is InChI=1S/C22H31N5O4/c1-3-4-13-26-20(23)19(21(29)25-22(26)30)27(15-9-5-6-10-15)18(28)14-24-16-11-7-8-12-17(16)31-2/h7-8,11-12,15,24H,3-6,9-10,13-14,23H2,1-2H3,(H,25,29,30). The van der Waals surface area contributed by atoms with E-state index in [4.69, 9.17) is 10.5 Å². The molecule has 0 bridgehead atoms. The summed E-state index contributed by atoms with van der Waals surface area (Å²) < 4.78 is 6.68. The number of nitrogens with one attached hydrogen (secondary N) is 2. The molecule has 3 rings (SSSR count). The van der Waals surface area contributed by atoms with Gasteiger partial charge in [-0.1, -0.05) is 38.3 Å². The van der Waals surface area contributed by atoms with Crippen molar-refractivity contribution in [1.82, 2.24) is 9.55 Å². The van der Waals surface area contributed by atoms with Gasteiger partial charge in [0.2, 0.25) is 5.91 Å². The Morgan fingerprint density at radius 2 is 2.00 bits per heavy atom. The van der Waals surface area contributed by atoms with Gasteiger partial charge in [0.05, 0.1) is 19.3 Å². The van der Waals surface area contributed by atoms with Crippen molar-refractivity contribution in [3.63, 3.8) is 0 Å². The van der Waals surface area contributed by atoms with Crippen molar-refractivity contribution in [3.8, 4) is 5.75 Å². The number of ether oxygens (including phenoxy) is 1. The minimum atomic E-state index is -0.632. The number of benzene rings is 1. The molecule has 1 aromatic heterocycles. The smallest absolute Gasteiger partial charge is 0.330 e. The molecular weight excluding hydrogens is 398 g/mol. The Kier molecular flexibility index (Phi) is 7.38. The summed E-state index contributed by atoms with van der Waals surface area (Å²) in [5.41, 5.74) is 5.86. The van der Waals surface area contributed by atoms with Gasteiger partial charge in [0, 0.05) is 12.6 Å². The number of unbranched alkanes of at least 4 members (excludes halogenated alkanes) is 1. The van der Waals surface area contributed by atoms with Gasteiger partial charge in [-0.3, -0.25) is 24.0 Å². The van der Waals surface area contributed by atoms with E-state index < -0.39 is 11.2 Å². The van der Waals surface area contributed by atoms with Gasteiger partial charge in [-0.25, -0.2) is 4.79 Å². The largest absolute Gasteiger partial charge is 0.495 e. The number of hydrogen-bond acceptors (Lipinski definition) is 6. The van der Waals surface area contributed by atoms with Crippen molar-refractivity contribution in [2.24, 2.45) is 0 Å². The number of methoxy groups -OCH3 is 1. The van der Waals surface area contributed by atoms with Gasteiger partial charge >= 0.3 is 5.69 Å². The highest BCUT2D eigenvalue weighted by atomic mass is 16.5. The topological polar surface area (TPSA) is 122 Å². The van der Waals surface area contributed by atoms with Crippen LogP contribution in [0, 0.1) is 0 Å². The maximum Gasteiger partial charge on any atom is 0.330 e. The quantitative estimate of drug-likeness (QED) is 0.562. The van der Waals surface area contributed by atoms with Crippen LogP contribution in [-0.4, -0.2) is 35.2 Å². The first-order valence-corrected chi connectivity index (χ1v) is 10.8. The van der Waals surface area contributed by atoms with Crippen LogP contribution in [0.25, 0.3) is 0 Å². The molecule has 0 atom stereocenters. The summed E-state index contributed by atoms with van der Waals surface area (Å²) in [5, 5.41) is 3.10. The van der Waals surface area contributed by atoms with E-state index in [1.54, 1.807) is 13.2 Å². The summed E-state index contributed by atoms with van der Waals surface area (Å²) in [6, 6.07) is 7.17. The summed E-state index contributed by atoms with van der Waals surface area (Å²) in [6.07, 6.45) is 5.13. The Morgan fingerprint density at radius 1 is 1.29 bits per heavy atom. The number of hydrogen-bond donors (Lipinski definition) is 3. The number of rotatable bonds is 9. The third-order valence-corrected chi connectivity index (χ3v) is 5.69. The van der Waals surface area contributed by atoms with E-state index in [9.17, 15) is 14.4 Å². The van der Waals surface area contributed by atoms with E-state index in [0.29, 0.717) is 18.0 Å². The highest BCUT2D eigenvalue weighted by Gasteiger charge is 2.32. The molecule has 1 aliphatic rings. The van der Waals surface area contributed by atoms with E-state index in [1.807, 2.05) is 25.1 Å². The van der Waals surface area contributed by atoms with Gasteiger partial charge in [0.15, 0.2) is 5.69 Å². The molecule has 0 unspecified atom stereocenters. The SMILES string of the molecule is CCCCn1c(N)c(N(C(=O)CNc2ccccc2OC)C2CCCC2)c(=O)[nH]c1=O. The van der Waals surface area contributed by atoms with E-state index in [-0.39, 0.29) is 30.0 Å². The van der Waals surface area contributed by atoms with Crippen molar-refractivity contribution in [2.75, 3.05) is 29.6 Å². The van der Waals surface area contributed by atoms with Crippen LogP contribution >= 0.6 is 0 Å². The van der Waals surface area contributed by atoms with Crippen molar-refractivity contribution < 1.29 is 9.53 Å². The molecule has 1 aliphatic carbocycles. The number of para-hydroxylation sites is 2. The molecular formula is C22H31N5O4. The Hall–Kier alpha value is -3.23. The summed E-state index contributed by atoms with van der Waals surface area (Å²) in [7, 11) is 1.56. The van der Waals surface area contributed by atoms with Crippen LogP contribution in [0.15, 0.2) is 33.9 Å². The molecule has 1 heterocycles. The minimum absolute atomic E-state index is 0.0379. The molecule has 1 saturated carbocycles. The second kappa shape index (κ2) is 10.2. The van der Waals surface area contributed by atoms with Crippen LogP contribution in [0.3, 0.4) is 0 Å². The van der Waals surface area contributed by atoms with Gasteiger partial charge in [-0.15, -0.1) is 0 Å². The number of nitrogens with two attached hydrogens (primary N) is 1. The normalized spacial score (nSPS) is 13.9. The average Bonchev–Trinajstić information content (AvgIpc) is 3.29. The highest BCUT2D eigenvalue weighted by molar-refractivity contribution is 5.98. The van der Waals surface area contributed by atoms with Crippen LogP contribution in [-0.2, 0) is 11.3 Å². The van der Waals surface area contributed by atoms with Gasteiger partial charge in [0.1, 0.15) is 11.6 Å². The lowest BCUT2D eigenvalue weighted by Gasteiger charge is -2.30. The third-order valence-electron chi connectivity index (χ3n) is 5.69. The van der Waals surface area contributed by atoms with Crippen molar-refractivity contribution in [2.45, 2.75) is 58.0 Å². The van der Waals surface area contributed by atoms with Gasteiger partial charge in [0.25, 0.3) is 5.56 Å². The van der Waals surface area contributed by atoms with Gasteiger partial charge in [-0.05, 0) is 31.4 Å². The van der Waals surface area contributed by atoms with Crippen molar-refractivity contribution >= 4 is 23.1 Å². The van der Waals surface area contributed by atoms with E-state index >= 15 is 0 Å². The Labute approximate surface area is 181 Å². The molecule has 0 radical (unpaired) electrons. The maximum absolute atomic E-state index is 13.3. The summed E-state index contributed by atoms with van der Waals surface area (Å²) in [5.74, 6) is 0.378. The Morgan fingerprint density at radius 3 is 2.68 bits per heavy atom. The Bertz CT molecular complexity index is 1020. The molecule has 9 heteroatoms. The first kappa shape index (κ1) is 22.5. The fourth-order valence-electron chi connectivity index (χ4n) is 4.07. The summed E-state index contributed by atoms with van der Waals surface area (Å²) in [6.45, 7) is 2.35. The van der Waals surface area contributed by atoms with E-state index in [2.05, 4.69) is 10.3 Å². The minimum Gasteiger partial charge on any atom is -0.495 e. The number of nitrogen functional groups attached to an aromatic ring is 1. The lowest BCUT2D eigenvalue weighted by molar-refractivity contribution is -0.117. The molecule has 4 N–H and O–H groups in total. The molecule has 31 heavy (non-hydrogen) atoms. The molecule has 1 amide bonds. The number of nitrogens with zero attached hydrogens (tertiary/aromatic N) is 2. The molecule has 0 aliphatic heterocycles. The van der Waals surface area contributed by atoms with Crippen LogP contribution in [0.1, 0.15) is 45.4 Å². The van der Waals surface area contributed by atoms with Crippen molar-refractivity contribution in [3.05, 3.63) is 45.1 Å². The second-order valence-electron chi connectivity index (χ2n) is 7.75. The van der Waals surface area contributed by atoms with Crippen LogP contribution in [0.5, 0.6) is 5.75 Å². The zero-order valence-electron chi connectivity index (χ0n) is 18.1. The number of anilines is 3. The Balaban J connectivity index is 1.95. The lowest BCUT2D eigenvalue weighted by atomic mass is 10.2. The van der Waals surface area contributed by atoms with Crippen LogP contribution < -0.4 is 31.9 Å². The number of carbonyl (C=O) groups is 1. The zero-order valence-corrected chi connectivity index (χ0v) is 18.1. The monoisotopic (exact) mass is 429 g/mol. The molecule has 2 aromatic rings. The van der Waals surface area contributed by atoms with Crippen LogP contribution in [0.4, 0.5) is 17.2 Å². The first-order chi connectivity index (χ1) is 15.0. The zero-order chi connectivity index (χ0) is 22.4. The second-order valence-corrected chi connectivity index (χ2v) is 7.75. The third kappa shape index (κ3) is 4.92. The van der Waals surface area contributed by atoms with Gasteiger partial charge in [-0.2, -0.15) is 0 Å². The predicted molar refractivity (Wildman–Crippen MR) is 122 cm³/mol. The summed E-state index contributed by atoms with van der Waals surface area (Å²) in [4.78, 5) is 42.3. The highest BCUT2D eigenvalue weighted by Crippen LogP contribution is 2.30. The molecule has 0 saturated heterocycles. The number of amides is 1. The number of aromatic nitrogens is 2. The fourth-order valence-corrected chi connectivity index (χ4v) is 4.07. The molecule has 9 nitrogen and oxygen atoms in total. The van der Waals surface area contributed by atoms with Crippen molar-refractivity contribution in [1.29, 1.82) is 0 Å². The predicted octanol–water partition coefficient (Wildman–Crippen LogP) is 2.32. The molecule has 0 spiro atoms. The fraction of sp³-hybridized carbons (Fsp3) is 0.500. The van der Waals surface area contributed by atoms with Gasteiger partial charge < -0.3 is 15.8 Å². The average molecular weight is 430 g/mol. The lowest BCUT2D eigenvalue weighted by Crippen LogP contribution is -2.47. The molecule has 1 fully saturated rings. The van der Waals surface area contributed by atoms with E-state index in [1.165, 1.54) is 9.47 Å².